The van der Waals surface area contributed by atoms with Gasteiger partial charge in [-0.3, -0.25) is 38.4 Å². The number of esters is 2. The van der Waals surface area contributed by atoms with Crippen molar-refractivity contribution >= 4 is 78.5 Å². The minimum atomic E-state index is -3.66. The van der Waals surface area contributed by atoms with Crippen LogP contribution in [0.4, 0.5) is 0 Å². The van der Waals surface area contributed by atoms with Gasteiger partial charge in [-0.15, -0.1) is 0 Å². The highest BCUT2D eigenvalue weighted by molar-refractivity contribution is 7.89. The van der Waals surface area contributed by atoms with E-state index in [4.69, 9.17) is 42.6 Å². The van der Waals surface area contributed by atoms with Crippen LogP contribution < -0.4 is 4.72 Å². The van der Waals surface area contributed by atoms with Crippen molar-refractivity contribution in [3.63, 3.8) is 0 Å². The molecule has 814 valence electrons. The van der Waals surface area contributed by atoms with Crippen molar-refractivity contribution < 1.29 is 138 Å². The van der Waals surface area contributed by atoms with Crippen LogP contribution in [0.25, 0.3) is 0 Å². The average molecular weight is 2070 g/mol. The first-order valence-electron chi connectivity index (χ1n) is 52.8. The van der Waals surface area contributed by atoms with Crippen LogP contribution >= 0.6 is 0 Å². The largest absolute Gasteiger partial charge is 0.460 e. The van der Waals surface area contributed by atoms with Gasteiger partial charge in [-0.2, -0.15) is 4.31 Å². The molecule has 0 aromatic carbocycles. The summed E-state index contributed by atoms with van der Waals surface area (Å²) in [5.74, 6) is -16.3. The summed E-state index contributed by atoms with van der Waals surface area (Å²) >= 11 is 0. The second-order valence-electron chi connectivity index (χ2n) is 43.0. The number of Topliss-reactive ketones (excluding diaryl/α,β-unsaturated/α-hetero) is 6. The molecule has 30 atom stereocenters. The number of aliphatic hydroxyl groups is 6. The molecule has 4 bridgehead atoms. The lowest BCUT2D eigenvalue weighted by atomic mass is 9.78. The molecule has 0 radical (unpaired) electrons. The van der Waals surface area contributed by atoms with Crippen molar-refractivity contribution in [2.24, 2.45) is 71.0 Å². The van der Waals surface area contributed by atoms with Crippen molar-refractivity contribution in [1.82, 2.24) is 18.8 Å². The number of fused-ring (bicyclic) bond motifs is 6. The maximum Gasteiger partial charge on any atom is 0.329 e. The number of piperidine rings is 2. The summed E-state index contributed by atoms with van der Waals surface area (Å²) in [4.78, 5) is 144. The fourth-order valence-electron chi connectivity index (χ4n) is 22.2. The number of ketones is 6. The standard InChI is InChI=1S/C54H84N2O14S.C51H79NO13.C4H9NO2S/c1-33-17-11-10-12-18-34(2)43(56-25-15-16-26-71(56,65)66)31-41-22-20-39(7)54(64,70-41)51(61)52(62)55-24-14-13-19-42(55)53(63)69-46(36(4)29-40-21-23-44(57)47(30-40)67-8)32-45(58)35(3)28-38(6)49(60)50(68-9)48(59)37(5)27-33;1-30-16-12-11-13-17-31(2)42(61-8)28-38-21-19-36(7)51(60,65-38)48(57)49(58)52-23-15-14-18-39(52)50(59)64-43(33(4)26-37-20-22-40(53)44(27-37)62-9)29-41(54)32(3)25-35(6)46(56)47(63-10)45(55)34(5)24-30;6-8(7)4-2-1-3-5-8/h10-12,17-18,28,33,35-37,39-44,46-47,49-50,57,60,64H,13-16,19-27,29-32H2,1-9H3;11-13,16-17,25,30,32-34,36-40,42-44,46-47,53,56,60H,14-15,18-24,26-29H2,1-10H3;5H,1-4H2/b12-10+,17-11+,34-18+,38-28+;13-11?,16-12+,31-17?,35-25+;/t33-,35-,36-,37-,39-,40+,41+,42+,43?,44-,46+,47-,49-,50+,54-;30-,32-,33-,34-,36-,37+,38+,39+,40-,42+,43+,44-,46-,47+,51-;/m11./s1. The molecule has 0 aromatic rings. The Hall–Kier alpha value is -6.88. The minimum absolute atomic E-state index is 0.0110. The van der Waals surface area contributed by atoms with E-state index in [0.29, 0.717) is 157 Å². The quantitative estimate of drug-likeness (QED) is 0.0542. The molecule has 8 aliphatic heterocycles. The first-order valence-corrected chi connectivity index (χ1v) is 56.0. The number of sulfonamides is 2. The van der Waals surface area contributed by atoms with Gasteiger partial charge in [0, 0.05) is 123 Å². The van der Waals surface area contributed by atoms with Gasteiger partial charge in [0.2, 0.25) is 31.6 Å². The van der Waals surface area contributed by atoms with Gasteiger partial charge in [0.05, 0.1) is 54.2 Å². The maximum absolute atomic E-state index is 14.5. The number of nitrogens with one attached hydrogen (secondary N) is 1. The number of hydrogen-bond donors (Lipinski definition) is 7. The Morgan fingerprint density at radius 2 is 0.861 bits per heavy atom. The average Bonchev–Trinajstić information content (AvgIpc) is 0.759. The highest BCUT2D eigenvalue weighted by Gasteiger charge is 2.56. The summed E-state index contributed by atoms with van der Waals surface area (Å²) < 4.78 is 105. The number of amides is 2. The number of cyclic esters (lactones) is 2. The molecule has 144 heavy (non-hydrogen) atoms. The molecule has 0 spiro atoms. The number of ether oxygens (including phenoxy) is 9. The lowest BCUT2D eigenvalue weighted by Gasteiger charge is -2.44. The zero-order valence-electron chi connectivity index (χ0n) is 88.9. The molecule has 8 fully saturated rings. The van der Waals surface area contributed by atoms with Gasteiger partial charge in [0.15, 0.2) is 11.6 Å². The van der Waals surface area contributed by atoms with E-state index in [1.165, 1.54) is 23.4 Å². The maximum atomic E-state index is 14.5. The summed E-state index contributed by atoms with van der Waals surface area (Å²) in [6.45, 7) is 26.1. The number of methoxy groups -OCH3 is 5. The third-order valence-electron chi connectivity index (χ3n) is 31.6. The van der Waals surface area contributed by atoms with Crippen LogP contribution in [0.2, 0.25) is 0 Å². The molecule has 8 heterocycles. The van der Waals surface area contributed by atoms with Gasteiger partial charge in [0.25, 0.3) is 23.4 Å². The number of carbonyl (C=O) groups is 10. The van der Waals surface area contributed by atoms with E-state index in [1.54, 1.807) is 88.0 Å². The SMILES string of the molecule is CO[C@@H]1C[C@H](C[C@@H](C)[C@@H]2CC(=O)[C@H](C)/C=C(\C)[C@@H](O)[C@@H](OC)C(=O)[C@H](C)C[C@H](C)/C=C/C=C/C=C(\C)C(N3CCCCS3(=O)=O)C[C@@H]3CC[C@@H](C)[C@@](O)(O3)C(=O)C(=O)N3CCCC[C@H]3C(=O)O2)CC[C@H]1O.CO[C@H]1C[C@@H]2CC[C@@H](C)[C@@](O)(O2)C(=O)C(=O)N2CCCC[C@H]2C(=O)O[C@H]([C@H](C)C[C@@H]2CC[C@@H](O)[C@H](OC)C2)CC(=O)[C@H](C)/C=C(\C)[C@@H](O)[C@@H](OC)C(=O)[C@H](C)C[C@H](C)/C=C/C=CC=C1C.O=S1(=O)CCCCN1. The molecule has 33 nitrogen and oxygen atoms in total. The summed E-state index contributed by atoms with van der Waals surface area (Å²) in [6, 6.07) is -3.02. The molecule has 35 heteroatoms. The van der Waals surface area contributed by atoms with Gasteiger partial charge in [0.1, 0.15) is 60.3 Å². The Morgan fingerprint density at radius 3 is 1.25 bits per heavy atom. The van der Waals surface area contributed by atoms with Crippen LogP contribution in [0.1, 0.15) is 277 Å². The first-order chi connectivity index (χ1) is 68.0. The summed E-state index contributed by atoms with van der Waals surface area (Å²) in [5, 5.41) is 68.0. The molecule has 6 saturated heterocycles. The number of allylic oxidation sites excluding steroid dienone is 12. The molecule has 1 unspecified atom stereocenters. The zero-order valence-corrected chi connectivity index (χ0v) is 90.5. The molecular formula is C109H172N4O29S2. The lowest BCUT2D eigenvalue weighted by molar-refractivity contribution is -0.265. The monoisotopic (exact) mass is 2070 g/mol. The zero-order chi connectivity index (χ0) is 107. The Bertz CT molecular complexity index is 4760. The van der Waals surface area contributed by atoms with Crippen LogP contribution in [0.5, 0.6) is 0 Å². The highest BCUT2D eigenvalue weighted by Crippen LogP contribution is 2.43. The Kier molecular flexibility index (Phi) is 48.7. The predicted octanol–water partition coefficient (Wildman–Crippen LogP) is 11.8. The van der Waals surface area contributed by atoms with E-state index >= 15 is 0 Å². The smallest absolute Gasteiger partial charge is 0.329 e. The molecule has 10 aliphatic rings. The lowest BCUT2D eigenvalue weighted by Crippen LogP contribution is -2.61. The number of rotatable bonds is 12. The van der Waals surface area contributed by atoms with Crippen molar-refractivity contribution in [2.75, 3.05) is 73.2 Å². The van der Waals surface area contributed by atoms with Crippen LogP contribution in [-0.4, -0.2) is 302 Å². The van der Waals surface area contributed by atoms with Gasteiger partial charge in [-0.25, -0.2) is 31.1 Å². The van der Waals surface area contributed by atoms with Gasteiger partial charge in [-0.1, -0.05) is 148 Å². The Labute approximate surface area is 855 Å². The number of nitrogens with zero attached hydrogens (tertiary/aromatic N) is 3. The second-order valence-corrected chi connectivity index (χ2v) is 47.0. The van der Waals surface area contributed by atoms with E-state index in [-0.39, 0.29) is 128 Å². The molecule has 2 aliphatic carbocycles. The predicted molar refractivity (Wildman–Crippen MR) is 544 cm³/mol. The molecule has 2 amide bonds. The number of carbonyl (C=O) groups excluding carboxylic acids is 10. The van der Waals surface area contributed by atoms with Crippen LogP contribution in [-0.2, 0) is 111 Å². The van der Waals surface area contributed by atoms with E-state index < -0.39 is 188 Å². The van der Waals surface area contributed by atoms with Crippen LogP contribution in [0, 0.1) is 71.0 Å². The second kappa shape index (κ2) is 57.4. The first kappa shape index (κ1) is 122. The van der Waals surface area contributed by atoms with Gasteiger partial charge < -0.3 is 83.1 Å². The van der Waals surface area contributed by atoms with Crippen LogP contribution in [0.15, 0.2) is 95.2 Å². The fraction of sp³-hybridized carbons (Fsp3) is 0.761. The third-order valence-corrected chi connectivity index (χ3v) is 35.0. The van der Waals surface area contributed by atoms with Crippen molar-refractivity contribution in [2.45, 2.75) is 386 Å². The topological polar surface area (TPSA) is 465 Å². The Balaban J connectivity index is 0.000000327. The van der Waals surface area contributed by atoms with Gasteiger partial charge >= 0.3 is 11.9 Å². The molecule has 2 saturated carbocycles. The highest BCUT2D eigenvalue weighted by atomic mass is 32.2. The summed E-state index contributed by atoms with van der Waals surface area (Å²) in [5.41, 5.74) is 2.35. The summed E-state index contributed by atoms with van der Waals surface area (Å²) in [6.07, 6.45) is 24.3. The molecule has 0 aromatic heterocycles. The minimum Gasteiger partial charge on any atom is -0.460 e. The number of aliphatic hydroxyl groups excluding tert-OH is 4. The van der Waals surface area contributed by atoms with E-state index in [0.717, 1.165) is 29.7 Å². The fourth-order valence-corrected chi connectivity index (χ4v) is 25.2. The number of hydrogen-bond acceptors (Lipinski definition) is 29. The van der Waals surface area contributed by atoms with Crippen molar-refractivity contribution in [3.8, 4) is 0 Å². The Morgan fingerprint density at radius 1 is 0.444 bits per heavy atom. The van der Waals surface area contributed by atoms with E-state index in [9.17, 15) is 95.4 Å². The third kappa shape index (κ3) is 34.1. The molecule has 10 rings (SSSR count). The van der Waals surface area contributed by atoms with Gasteiger partial charge in [-0.05, 0) is 240 Å². The van der Waals surface area contributed by atoms with Crippen molar-refractivity contribution in [1.29, 1.82) is 0 Å². The summed E-state index contributed by atoms with van der Waals surface area (Å²) in [7, 11) is 0.947. The van der Waals surface area contributed by atoms with E-state index in [1.807, 2.05) is 103 Å². The van der Waals surface area contributed by atoms with Crippen LogP contribution in [0.3, 0.4) is 0 Å². The molecule has 7 N–H and O–H groups in total. The molecular weight excluding hydrogens is 1890 g/mol. The normalized spacial score (nSPS) is 39.1. The van der Waals surface area contributed by atoms with E-state index in [2.05, 4.69) is 4.72 Å². The van der Waals surface area contributed by atoms with Crippen molar-refractivity contribution in [3.05, 3.63) is 95.2 Å².